The minimum Gasteiger partial charge on any atom is -0.466 e. The second kappa shape index (κ2) is 4.46. The van der Waals surface area contributed by atoms with Crippen molar-refractivity contribution in [3.63, 3.8) is 0 Å². The highest BCUT2D eigenvalue weighted by Gasteiger charge is 1.99. The fraction of sp³-hybridized carbons (Fsp3) is 0.182. The number of hydrogen-bond donors (Lipinski definition) is 1. The van der Waals surface area contributed by atoms with Gasteiger partial charge in [0.15, 0.2) is 0 Å². The Bertz CT molecular complexity index is 352. The molecule has 0 heterocycles. The van der Waals surface area contributed by atoms with Gasteiger partial charge in [0.2, 0.25) is 0 Å². The van der Waals surface area contributed by atoms with E-state index in [9.17, 15) is 4.79 Å². The van der Waals surface area contributed by atoms with Crippen molar-refractivity contribution >= 4 is 17.2 Å². The van der Waals surface area contributed by atoms with E-state index < -0.39 is 0 Å². The first-order chi connectivity index (χ1) is 6.63. The predicted octanol–water partition coefficient (Wildman–Crippen LogP) is 1.85. The van der Waals surface area contributed by atoms with Crippen LogP contribution in [0.1, 0.15) is 12.5 Å². The summed E-state index contributed by atoms with van der Waals surface area (Å²) in [6, 6.07) is 7.32. The molecule has 0 aliphatic carbocycles. The van der Waals surface area contributed by atoms with Gasteiger partial charge in [-0.1, -0.05) is 12.1 Å². The molecule has 3 heteroatoms. The Morgan fingerprint density at radius 1 is 1.36 bits per heavy atom. The maximum atomic E-state index is 10.9. The molecule has 0 atom stereocenters. The molecule has 0 aliphatic rings. The number of carbonyl (C=O) groups is 1. The lowest BCUT2D eigenvalue weighted by atomic mass is 10.1. The van der Waals surface area contributed by atoms with Gasteiger partial charge in [-0.2, -0.15) is 0 Å². The van der Waals surface area contributed by atoms with E-state index in [0.29, 0.717) is 5.69 Å². The second-order valence-electron chi connectivity index (χ2n) is 2.97. The normalized spacial score (nSPS) is 11.1. The molecule has 0 saturated heterocycles. The van der Waals surface area contributed by atoms with E-state index in [1.807, 2.05) is 19.1 Å². The molecule has 2 N–H and O–H groups in total. The first-order valence-corrected chi connectivity index (χ1v) is 4.25. The number of allylic oxidation sites excluding steroid dienone is 1. The molecule has 0 bridgehead atoms. The van der Waals surface area contributed by atoms with E-state index >= 15 is 0 Å². The summed E-state index contributed by atoms with van der Waals surface area (Å²) in [6.07, 6.45) is 1.45. The molecule has 0 radical (unpaired) electrons. The van der Waals surface area contributed by atoms with E-state index in [0.717, 1.165) is 11.1 Å². The number of rotatable bonds is 2. The third-order valence-electron chi connectivity index (χ3n) is 1.90. The van der Waals surface area contributed by atoms with Gasteiger partial charge in [-0.05, 0) is 30.2 Å². The molecule has 3 nitrogen and oxygen atoms in total. The minimum atomic E-state index is -0.348. The molecule has 0 saturated carbocycles. The van der Waals surface area contributed by atoms with Crippen LogP contribution in [0.5, 0.6) is 0 Å². The number of methoxy groups -OCH3 is 1. The Kier molecular flexibility index (Phi) is 3.29. The van der Waals surface area contributed by atoms with Gasteiger partial charge in [-0.25, -0.2) is 4.79 Å². The number of esters is 1. The molecule has 14 heavy (non-hydrogen) atoms. The van der Waals surface area contributed by atoms with E-state index in [-0.39, 0.29) is 5.97 Å². The van der Waals surface area contributed by atoms with E-state index in [1.54, 1.807) is 12.1 Å². The Morgan fingerprint density at radius 2 is 1.93 bits per heavy atom. The Morgan fingerprint density at radius 3 is 2.43 bits per heavy atom. The molecule has 0 unspecified atom stereocenters. The maximum Gasteiger partial charge on any atom is 0.330 e. The minimum absolute atomic E-state index is 0.348. The zero-order valence-corrected chi connectivity index (χ0v) is 8.28. The molecule has 74 valence electrons. The standard InChI is InChI=1S/C11H13NO2/c1-8(7-11(13)14-2)9-3-5-10(12)6-4-9/h3-7H,12H2,1-2H3. The summed E-state index contributed by atoms with van der Waals surface area (Å²) in [4.78, 5) is 10.9. The first-order valence-electron chi connectivity index (χ1n) is 4.25. The van der Waals surface area contributed by atoms with Crippen molar-refractivity contribution in [3.05, 3.63) is 35.9 Å². The maximum absolute atomic E-state index is 10.9. The van der Waals surface area contributed by atoms with Crippen LogP contribution in [-0.4, -0.2) is 13.1 Å². The van der Waals surface area contributed by atoms with Crippen LogP contribution in [0.3, 0.4) is 0 Å². The van der Waals surface area contributed by atoms with Gasteiger partial charge < -0.3 is 10.5 Å². The summed E-state index contributed by atoms with van der Waals surface area (Å²) >= 11 is 0. The van der Waals surface area contributed by atoms with Crippen LogP contribution in [0.2, 0.25) is 0 Å². The molecule has 0 aliphatic heterocycles. The van der Waals surface area contributed by atoms with Crippen LogP contribution >= 0.6 is 0 Å². The molecule has 1 aromatic carbocycles. The van der Waals surface area contributed by atoms with Gasteiger partial charge >= 0.3 is 5.97 Å². The fourth-order valence-electron chi connectivity index (χ4n) is 1.07. The average molecular weight is 191 g/mol. The molecule has 0 fully saturated rings. The van der Waals surface area contributed by atoms with Crippen molar-refractivity contribution in [1.29, 1.82) is 0 Å². The quantitative estimate of drug-likeness (QED) is 0.441. The average Bonchev–Trinajstić information content (AvgIpc) is 2.18. The van der Waals surface area contributed by atoms with Gasteiger partial charge in [0.05, 0.1) is 7.11 Å². The van der Waals surface area contributed by atoms with Crippen LogP contribution in [0.15, 0.2) is 30.3 Å². The van der Waals surface area contributed by atoms with Crippen LogP contribution in [0.4, 0.5) is 5.69 Å². The summed E-state index contributed by atoms with van der Waals surface area (Å²) in [6.45, 7) is 1.85. The van der Waals surface area contributed by atoms with Gasteiger partial charge in [0.1, 0.15) is 0 Å². The first kappa shape index (κ1) is 10.3. The highest BCUT2D eigenvalue weighted by atomic mass is 16.5. The van der Waals surface area contributed by atoms with E-state index in [4.69, 9.17) is 5.73 Å². The number of ether oxygens (including phenoxy) is 1. The number of hydrogen-bond acceptors (Lipinski definition) is 3. The SMILES string of the molecule is COC(=O)C=C(C)c1ccc(N)cc1. The molecular weight excluding hydrogens is 178 g/mol. The number of carbonyl (C=O) groups excluding carboxylic acids is 1. The Balaban J connectivity index is 2.89. The van der Waals surface area contributed by atoms with Gasteiger partial charge in [0.25, 0.3) is 0 Å². The Labute approximate surface area is 83.2 Å². The lowest BCUT2D eigenvalue weighted by Crippen LogP contribution is -1.95. The summed E-state index contributed by atoms with van der Waals surface area (Å²) in [5.74, 6) is -0.348. The number of benzene rings is 1. The van der Waals surface area contributed by atoms with Gasteiger partial charge in [-0.15, -0.1) is 0 Å². The molecular formula is C11H13NO2. The van der Waals surface area contributed by atoms with Gasteiger partial charge in [0, 0.05) is 11.8 Å². The highest BCUT2D eigenvalue weighted by molar-refractivity contribution is 5.90. The van der Waals surface area contributed by atoms with Crippen molar-refractivity contribution in [2.24, 2.45) is 0 Å². The van der Waals surface area contributed by atoms with Crippen molar-refractivity contribution in [2.45, 2.75) is 6.92 Å². The van der Waals surface area contributed by atoms with Gasteiger partial charge in [-0.3, -0.25) is 0 Å². The third-order valence-corrected chi connectivity index (χ3v) is 1.90. The summed E-state index contributed by atoms with van der Waals surface area (Å²) in [5, 5.41) is 0. The van der Waals surface area contributed by atoms with Crippen molar-refractivity contribution < 1.29 is 9.53 Å². The number of anilines is 1. The molecule has 1 rings (SSSR count). The van der Waals surface area contributed by atoms with Crippen LogP contribution in [-0.2, 0) is 9.53 Å². The third kappa shape index (κ3) is 2.62. The molecule has 1 aromatic rings. The smallest absolute Gasteiger partial charge is 0.330 e. The number of nitrogens with two attached hydrogens (primary N) is 1. The topological polar surface area (TPSA) is 52.3 Å². The van der Waals surface area contributed by atoms with Crippen LogP contribution < -0.4 is 5.73 Å². The molecule has 0 aromatic heterocycles. The zero-order chi connectivity index (χ0) is 10.6. The summed E-state index contributed by atoms with van der Waals surface area (Å²) < 4.78 is 4.53. The molecule has 0 spiro atoms. The summed E-state index contributed by atoms with van der Waals surface area (Å²) in [5.41, 5.74) is 8.07. The van der Waals surface area contributed by atoms with E-state index in [2.05, 4.69) is 4.74 Å². The monoisotopic (exact) mass is 191 g/mol. The lowest BCUT2D eigenvalue weighted by molar-refractivity contribution is -0.134. The highest BCUT2D eigenvalue weighted by Crippen LogP contribution is 2.15. The molecule has 0 amide bonds. The largest absolute Gasteiger partial charge is 0.466 e. The van der Waals surface area contributed by atoms with Crippen molar-refractivity contribution in [2.75, 3.05) is 12.8 Å². The fourth-order valence-corrected chi connectivity index (χ4v) is 1.07. The van der Waals surface area contributed by atoms with Crippen LogP contribution in [0, 0.1) is 0 Å². The Hall–Kier alpha value is -1.77. The number of nitrogen functional groups attached to an aromatic ring is 1. The predicted molar refractivity (Wildman–Crippen MR) is 56.5 cm³/mol. The van der Waals surface area contributed by atoms with Crippen LogP contribution in [0.25, 0.3) is 5.57 Å². The lowest BCUT2D eigenvalue weighted by Gasteiger charge is -2.01. The van der Waals surface area contributed by atoms with E-state index in [1.165, 1.54) is 13.2 Å². The van der Waals surface area contributed by atoms with Crippen molar-refractivity contribution in [1.82, 2.24) is 0 Å². The zero-order valence-electron chi connectivity index (χ0n) is 8.28. The second-order valence-corrected chi connectivity index (χ2v) is 2.97. The van der Waals surface area contributed by atoms with Crippen molar-refractivity contribution in [3.8, 4) is 0 Å². The summed E-state index contributed by atoms with van der Waals surface area (Å²) in [7, 11) is 1.36.